The maximum Gasteiger partial charge on any atom is 0.119 e. The number of hydrogen-bond donors (Lipinski definition) is 0. The topological polar surface area (TPSA) is 9.23 Å². The van der Waals surface area contributed by atoms with Crippen LogP contribution in [-0.4, -0.2) is 6.61 Å². The minimum Gasteiger partial charge on any atom is -0.494 e. The van der Waals surface area contributed by atoms with Crippen LogP contribution in [0.15, 0.2) is 12.1 Å². The minimum absolute atomic E-state index is 0.502. The van der Waals surface area contributed by atoms with E-state index in [1.165, 1.54) is 56.9 Å². The summed E-state index contributed by atoms with van der Waals surface area (Å²) >= 11 is 0. The molecule has 2 spiro atoms. The van der Waals surface area contributed by atoms with E-state index in [4.69, 9.17) is 4.74 Å². The van der Waals surface area contributed by atoms with Gasteiger partial charge in [-0.2, -0.15) is 0 Å². The monoisotopic (exact) mass is 270 g/mol. The molecular weight excluding hydrogens is 244 g/mol. The second kappa shape index (κ2) is 4.26. The zero-order valence-corrected chi connectivity index (χ0v) is 12.9. The minimum atomic E-state index is 0.502. The first-order valence-corrected chi connectivity index (χ1v) is 8.48. The molecule has 1 aromatic rings. The molecule has 3 aliphatic rings. The smallest absolute Gasteiger partial charge is 0.119 e. The number of hydrogen-bond acceptors (Lipinski definition) is 1. The lowest BCUT2D eigenvalue weighted by Gasteiger charge is -2.35. The van der Waals surface area contributed by atoms with Gasteiger partial charge in [0.25, 0.3) is 0 Å². The van der Waals surface area contributed by atoms with Gasteiger partial charge >= 0.3 is 0 Å². The molecule has 0 bridgehead atoms. The molecule has 0 saturated heterocycles. The summed E-state index contributed by atoms with van der Waals surface area (Å²) in [7, 11) is 0. The van der Waals surface area contributed by atoms with Gasteiger partial charge in [-0.05, 0) is 85.6 Å². The summed E-state index contributed by atoms with van der Waals surface area (Å²) in [5, 5.41) is 0. The highest BCUT2D eigenvalue weighted by molar-refractivity contribution is 5.56. The zero-order valence-electron chi connectivity index (χ0n) is 12.9. The van der Waals surface area contributed by atoms with Gasteiger partial charge in [0.15, 0.2) is 0 Å². The summed E-state index contributed by atoms with van der Waals surface area (Å²) in [4.78, 5) is 0. The Balaban J connectivity index is 1.85. The summed E-state index contributed by atoms with van der Waals surface area (Å²) < 4.78 is 5.83. The molecule has 4 rings (SSSR count). The van der Waals surface area contributed by atoms with E-state index in [2.05, 4.69) is 26.0 Å². The van der Waals surface area contributed by atoms with Gasteiger partial charge in [-0.3, -0.25) is 0 Å². The molecule has 0 radical (unpaired) electrons. The molecular formula is C19H26O. The van der Waals surface area contributed by atoms with E-state index in [-0.39, 0.29) is 0 Å². The van der Waals surface area contributed by atoms with E-state index < -0.39 is 0 Å². The number of benzene rings is 1. The molecule has 0 aliphatic heterocycles. The van der Waals surface area contributed by atoms with Crippen LogP contribution >= 0.6 is 0 Å². The maximum atomic E-state index is 5.83. The van der Waals surface area contributed by atoms with Crippen molar-refractivity contribution < 1.29 is 4.74 Å². The van der Waals surface area contributed by atoms with Crippen LogP contribution in [0.2, 0.25) is 0 Å². The van der Waals surface area contributed by atoms with Crippen LogP contribution in [0, 0.1) is 6.92 Å². The van der Waals surface area contributed by atoms with E-state index in [9.17, 15) is 0 Å². The molecule has 2 saturated carbocycles. The van der Waals surface area contributed by atoms with E-state index >= 15 is 0 Å². The van der Waals surface area contributed by atoms with Gasteiger partial charge < -0.3 is 4.74 Å². The molecule has 20 heavy (non-hydrogen) atoms. The van der Waals surface area contributed by atoms with Crippen LogP contribution < -0.4 is 4.74 Å². The first-order chi connectivity index (χ1) is 9.69. The predicted molar refractivity (Wildman–Crippen MR) is 82.6 cm³/mol. The third kappa shape index (κ3) is 1.68. The third-order valence-corrected chi connectivity index (χ3v) is 6.06. The third-order valence-electron chi connectivity index (χ3n) is 6.06. The van der Waals surface area contributed by atoms with Gasteiger partial charge in [0, 0.05) is 0 Å². The van der Waals surface area contributed by atoms with Gasteiger partial charge in [-0.15, -0.1) is 0 Å². The standard InChI is InChI=1S/C19H26O/c1-3-20-15-11-14(2)17-16(12-15)18(7-5-4-6-8-18)13-19(17)9-10-19/h11-12H,3-10,13H2,1-2H3. The van der Waals surface area contributed by atoms with Crippen molar-refractivity contribution in [3.63, 3.8) is 0 Å². The summed E-state index contributed by atoms with van der Waals surface area (Å²) in [6, 6.07) is 4.69. The lowest BCUT2D eigenvalue weighted by Crippen LogP contribution is -2.27. The lowest BCUT2D eigenvalue weighted by molar-refractivity contribution is 0.274. The zero-order chi connectivity index (χ0) is 13.8. The highest BCUT2D eigenvalue weighted by atomic mass is 16.5. The van der Waals surface area contributed by atoms with Crippen LogP contribution in [0.1, 0.15) is 75.0 Å². The van der Waals surface area contributed by atoms with Crippen molar-refractivity contribution >= 4 is 0 Å². The Hall–Kier alpha value is -0.980. The molecule has 1 heteroatoms. The molecule has 3 aliphatic carbocycles. The summed E-state index contributed by atoms with van der Waals surface area (Å²) in [6.45, 7) is 5.17. The van der Waals surface area contributed by atoms with E-state index in [0.29, 0.717) is 10.8 Å². The molecule has 0 unspecified atom stereocenters. The van der Waals surface area contributed by atoms with Gasteiger partial charge in [0.05, 0.1) is 6.61 Å². The van der Waals surface area contributed by atoms with Crippen molar-refractivity contribution in [2.75, 3.05) is 6.61 Å². The molecule has 0 atom stereocenters. The molecule has 1 nitrogen and oxygen atoms in total. The molecule has 1 aromatic carbocycles. The number of rotatable bonds is 2. The van der Waals surface area contributed by atoms with Gasteiger partial charge in [0.1, 0.15) is 5.75 Å². The largest absolute Gasteiger partial charge is 0.494 e. The Kier molecular flexibility index (Phi) is 2.71. The fraction of sp³-hybridized carbons (Fsp3) is 0.684. The molecule has 0 aromatic heterocycles. The average Bonchev–Trinajstić information content (AvgIpc) is 3.14. The van der Waals surface area contributed by atoms with Crippen molar-refractivity contribution in [3.05, 3.63) is 28.8 Å². The molecule has 0 heterocycles. The summed E-state index contributed by atoms with van der Waals surface area (Å²) in [5.41, 5.74) is 5.97. The maximum absolute atomic E-state index is 5.83. The van der Waals surface area contributed by atoms with Gasteiger partial charge in [0.2, 0.25) is 0 Å². The van der Waals surface area contributed by atoms with Gasteiger partial charge in [-0.1, -0.05) is 19.3 Å². The highest BCUT2D eigenvalue weighted by Gasteiger charge is 2.58. The lowest BCUT2D eigenvalue weighted by atomic mass is 9.69. The Morgan fingerprint density at radius 2 is 1.75 bits per heavy atom. The van der Waals surface area contributed by atoms with Crippen molar-refractivity contribution in [1.82, 2.24) is 0 Å². The van der Waals surface area contributed by atoms with E-state index in [1.54, 1.807) is 11.1 Å². The fourth-order valence-corrected chi connectivity index (χ4v) is 5.21. The first kappa shape index (κ1) is 12.7. The van der Waals surface area contributed by atoms with Crippen LogP contribution in [0.25, 0.3) is 0 Å². The summed E-state index contributed by atoms with van der Waals surface area (Å²) in [6.07, 6.45) is 11.4. The average molecular weight is 270 g/mol. The second-order valence-electron chi connectivity index (χ2n) is 7.39. The highest BCUT2D eigenvalue weighted by Crippen LogP contribution is 2.66. The predicted octanol–water partition coefficient (Wildman–Crippen LogP) is 5.03. The van der Waals surface area contributed by atoms with E-state index in [1.807, 2.05) is 0 Å². The molecule has 0 N–H and O–H groups in total. The SMILES string of the molecule is CCOc1cc(C)c2c(c1)C1(CCCCC1)CC21CC1. The number of aryl methyl sites for hydroxylation is 1. The van der Waals surface area contributed by atoms with Crippen LogP contribution in [0.3, 0.4) is 0 Å². The van der Waals surface area contributed by atoms with Crippen LogP contribution in [-0.2, 0) is 10.8 Å². The first-order valence-electron chi connectivity index (χ1n) is 8.48. The van der Waals surface area contributed by atoms with E-state index in [0.717, 1.165) is 12.4 Å². The Morgan fingerprint density at radius 3 is 2.40 bits per heavy atom. The van der Waals surface area contributed by atoms with Crippen molar-refractivity contribution in [2.24, 2.45) is 0 Å². The normalized spacial score (nSPS) is 24.9. The van der Waals surface area contributed by atoms with Crippen molar-refractivity contribution in [2.45, 2.75) is 76.0 Å². The van der Waals surface area contributed by atoms with Crippen LogP contribution in [0.5, 0.6) is 5.75 Å². The van der Waals surface area contributed by atoms with Crippen LogP contribution in [0.4, 0.5) is 0 Å². The molecule has 2 fully saturated rings. The Bertz CT molecular complexity index is 533. The number of fused-ring (bicyclic) bond motifs is 3. The molecule has 0 amide bonds. The molecule has 108 valence electrons. The Labute approximate surface area is 122 Å². The van der Waals surface area contributed by atoms with Crippen molar-refractivity contribution in [3.8, 4) is 5.75 Å². The quantitative estimate of drug-likeness (QED) is 0.732. The second-order valence-corrected chi connectivity index (χ2v) is 7.39. The van der Waals surface area contributed by atoms with Gasteiger partial charge in [-0.25, -0.2) is 0 Å². The van der Waals surface area contributed by atoms with Crippen molar-refractivity contribution in [1.29, 1.82) is 0 Å². The Morgan fingerprint density at radius 1 is 1.00 bits per heavy atom. The summed E-state index contributed by atoms with van der Waals surface area (Å²) in [5.74, 6) is 1.10. The fourth-order valence-electron chi connectivity index (χ4n) is 5.21. The number of ether oxygens (including phenoxy) is 1.